The highest BCUT2D eigenvalue weighted by atomic mass is 16.2. The second kappa shape index (κ2) is 6.93. The normalized spacial score (nSPS) is 10.3. The zero-order chi connectivity index (χ0) is 16.1. The molecule has 0 aliphatic rings. The molecule has 0 saturated heterocycles. The molecule has 2 heteroatoms. The summed E-state index contributed by atoms with van der Waals surface area (Å²) in [5.74, 6) is 0.0613. The van der Waals surface area contributed by atoms with Gasteiger partial charge in [0.2, 0.25) is 5.91 Å². The molecule has 0 aliphatic heterocycles. The third-order valence-corrected chi connectivity index (χ3v) is 3.75. The van der Waals surface area contributed by atoms with E-state index in [1.807, 2.05) is 91.9 Å². The number of carbonyl (C=O) groups excluding carboxylic acids is 1. The highest BCUT2D eigenvalue weighted by molar-refractivity contribution is 6.01. The minimum Gasteiger partial charge on any atom is -0.281 e. The van der Waals surface area contributed by atoms with Crippen molar-refractivity contribution in [3.8, 4) is 0 Å². The lowest BCUT2D eigenvalue weighted by Crippen LogP contribution is -2.27. The molecule has 0 heterocycles. The maximum atomic E-state index is 12.9. The number of nitrogens with zero attached hydrogens (tertiary/aromatic N) is 1. The van der Waals surface area contributed by atoms with E-state index in [0.717, 1.165) is 16.9 Å². The summed E-state index contributed by atoms with van der Waals surface area (Å²) in [7, 11) is 0. The number of hydrogen-bond acceptors (Lipinski definition) is 1. The van der Waals surface area contributed by atoms with Crippen LogP contribution in [0.3, 0.4) is 0 Å². The molecule has 0 aliphatic carbocycles. The molecule has 3 aromatic carbocycles. The van der Waals surface area contributed by atoms with Crippen LogP contribution in [0.25, 0.3) is 0 Å². The Labute approximate surface area is 137 Å². The number of amides is 1. The van der Waals surface area contributed by atoms with Gasteiger partial charge in [-0.3, -0.25) is 9.69 Å². The van der Waals surface area contributed by atoms with Crippen LogP contribution in [0.5, 0.6) is 0 Å². The minimum atomic E-state index is 0.0613. The van der Waals surface area contributed by atoms with Gasteiger partial charge in [-0.2, -0.15) is 0 Å². The van der Waals surface area contributed by atoms with Crippen LogP contribution in [0.4, 0.5) is 11.4 Å². The van der Waals surface area contributed by atoms with Crippen molar-refractivity contribution in [3.63, 3.8) is 0 Å². The van der Waals surface area contributed by atoms with Crippen LogP contribution in [-0.4, -0.2) is 5.91 Å². The van der Waals surface area contributed by atoms with Crippen molar-refractivity contribution in [1.29, 1.82) is 0 Å². The molecule has 2 nitrogen and oxygen atoms in total. The maximum Gasteiger partial charge on any atom is 0.235 e. The van der Waals surface area contributed by atoms with Crippen LogP contribution < -0.4 is 4.90 Å². The summed E-state index contributed by atoms with van der Waals surface area (Å²) in [5, 5.41) is 0. The van der Waals surface area contributed by atoms with Gasteiger partial charge in [0, 0.05) is 11.4 Å². The fraction of sp³-hybridized carbons (Fsp3) is 0.0952. The molecule has 0 saturated carbocycles. The summed E-state index contributed by atoms with van der Waals surface area (Å²) < 4.78 is 0. The van der Waals surface area contributed by atoms with Crippen LogP contribution in [-0.2, 0) is 11.2 Å². The summed E-state index contributed by atoms with van der Waals surface area (Å²) in [4.78, 5) is 14.7. The first-order chi connectivity index (χ1) is 11.2. The van der Waals surface area contributed by atoms with Crippen LogP contribution in [0.15, 0.2) is 84.9 Å². The zero-order valence-corrected chi connectivity index (χ0v) is 13.1. The van der Waals surface area contributed by atoms with Crippen LogP contribution in [0.1, 0.15) is 11.1 Å². The van der Waals surface area contributed by atoms with E-state index in [1.54, 1.807) is 4.90 Å². The number of hydrogen-bond donors (Lipinski definition) is 0. The van der Waals surface area contributed by atoms with Gasteiger partial charge in [-0.05, 0) is 36.8 Å². The van der Waals surface area contributed by atoms with Crippen LogP contribution in [0, 0.1) is 6.92 Å². The summed E-state index contributed by atoms with van der Waals surface area (Å²) in [6.45, 7) is 2.04. The lowest BCUT2D eigenvalue weighted by Gasteiger charge is -2.23. The Morgan fingerprint density at radius 2 is 1.26 bits per heavy atom. The molecule has 3 rings (SSSR count). The first-order valence-corrected chi connectivity index (χ1v) is 7.72. The predicted molar refractivity (Wildman–Crippen MR) is 94.9 cm³/mol. The van der Waals surface area contributed by atoms with E-state index in [2.05, 4.69) is 0 Å². The first kappa shape index (κ1) is 15.0. The second-order valence-electron chi connectivity index (χ2n) is 5.56. The van der Waals surface area contributed by atoms with Gasteiger partial charge in [0.15, 0.2) is 0 Å². The fourth-order valence-corrected chi connectivity index (χ4v) is 2.56. The summed E-state index contributed by atoms with van der Waals surface area (Å²) in [6, 6.07) is 27.7. The molecule has 0 fully saturated rings. The zero-order valence-electron chi connectivity index (χ0n) is 13.1. The molecule has 0 radical (unpaired) electrons. The van der Waals surface area contributed by atoms with Crippen molar-refractivity contribution >= 4 is 17.3 Å². The SMILES string of the molecule is Cc1ccc(N(C(=O)Cc2ccccc2)c2ccccc2)cc1. The Balaban J connectivity index is 1.95. The lowest BCUT2D eigenvalue weighted by atomic mass is 10.1. The lowest BCUT2D eigenvalue weighted by molar-refractivity contribution is -0.117. The second-order valence-corrected chi connectivity index (χ2v) is 5.56. The summed E-state index contributed by atoms with van der Waals surface area (Å²) in [6.07, 6.45) is 0.379. The number of para-hydroxylation sites is 1. The van der Waals surface area contributed by atoms with Gasteiger partial charge in [0.1, 0.15) is 0 Å². The summed E-state index contributed by atoms with van der Waals surface area (Å²) >= 11 is 0. The van der Waals surface area contributed by atoms with Crippen molar-refractivity contribution in [3.05, 3.63) is 96.1 Å². The van der Waals surface area contributed by atoms with Crippen molar-refractivity contribution in [1.82, 2.24) is 0 Å². The maximum absolute atomic E-state index is 12.9. The molecule has 23 heavy (non-hydrogen) atoms. The molecular formula is C21H19NO. The molecule has 0 N–H and O–H groups in total. The average molecular weight is 301 g/mol. The van der Waals surface area contributed by atoms with E-state index >= 15 is 0 Å². The highest BCUT2D eigenvalue weighted by Gasteiger charge is 2.18. The quantitative estimate of drug-likeness (QED) is 0.671. The Bertz CT molecular complexity index is 764. The van der Waals surface area contributed by atoms with E-state index in [-0.39, 0.29) is 5.91 Å². The Kier molecular flexibility index (Phi) is 4.53. The number of rotatable bonds is 4. The molecular weight excluding hydrogens is 282 g/mol. The Morgan fingerprint density at radius 1 is 0.739 bits per heavy atom. The van der Waals surface area contributed by atoms with Crippen molar-refractivity contribution in [2.75, 3.05) is 4.90 Å². The van der Waals surface area contributed by atoms with Crippen LogP contribution >= 0.6 is 0 Å². The minimum absolute atomic E-state index is 0.0613. The van der Waals surface area contributed by atoms with Gasteiger partial charge in [0.05, 0.1) is 6.42 Å². The van der Waals surface area contributed by atoms with Gasteiger partial charge >= 0.3 is 0 Å². The van der Waals surface area contributed by atoms with Gasteiger partial charge < -0.3 is 0 Å². The van der Waals surface area contributed by atoms with Gasteiger partial charge in [-0.1, -0.05) is 66.2 Å². The third-order valence-electron chi connectivity index (χ3n) is 3.75. The predicted octanol–water partition coefficient (Wildman–Crippen LogP) is 4.90. The summed E-state index contributed by atoms with van der Waals surface area (Å²) in [5.41, 5.74) is 3.97. The molecule has 0 unspecified atom stereocenters. The monoisotopic (exact) mass is 301 g/mol. The van der Waals surface area contributed by atoms with E-state index < -0.39 is 0 Å². The number of aryl methyl sites for hydroxylation is 1. The number of benzene rings is 3. The van der Waals surface area contributed by atoms with Crippen molar-refractivity contribution in [2.24, 2.45) is 0 Å². The van der Waals surface area contributed by atoms with E-state index in [0.29, 0.717) is 6.42 Å². The van der Waals surface area contributed by atoms with E-state index in [1.165, 1.54) is 5.56 Å². The molecule has 0 bridgehead atoms. The number of anilines is 2. The van der Waals surface area contributed by atoms with Crippen molar-refractivity contribution < 1.29 is 4.79 Å². The molecule has 3 aromatic rings. The largest absolute Gasteiger partial charge is 0.281 e. The fourth-order valence-electron chi connectivity index (χ4n) is 2.56. The smallest absolute Gasteiger partial charge is 0.235 e. The third kappa shape index (κ3) is 3.67. The highest BCUT2D eigenvalue weighted by Crippen LogP contribution is 2.26. The van der Waals surface area contributed by atoms with Gasteiger partial charge in [-0.15, -0.1) is 0 Å². The molecule has 0 aromatic heterocycles. The van der Waals surface area contributed by atoms with E-state index in [9.17, 15) is 4.79 Å². The first-order valence-electron chi connectivity index (χ1n) is 7.72. The van der Waals surface area contributed by atoms with Gasteiger partial charge in [-0.25, -0.2) is 0 Å². The molecule has 0 atom stereocenters. The molecule has 1 amide bonds. The molecule has 0 spiro atoms. The van der Waals surface area contributed by atoms with Gasteiger partial charge in [0.25, 0.3) is 0 Å². The Morgan fingerprint density at radius 3 is 1.87 bits per heavy atom. The number of carbonyl (C=O) groups is 1. The Hall–Kier alpha value is -2.87. The topological polar surface area (TPSA) is 20.3 Å². The molecule has 114 valence electrons. The average Bonchev–Trinajstić information content (AvgIpc) is 2.59. The van der Waals surface area contributed by atoms with Crippen molar-refractivity contribution in [2.45, 2.75) is 13.3 Å². The van der Waals surface area contributed by atoms with E-state index in [4.69, 9.17) is 0 Å². The van der Waals surface area contributed by atoms with Crippen LogP contribution in [0.2, 0.25) is 0 Å². The standard InChI is InChI=1S/C21H19NO/c1-17-12-14-20(15-13-17)22(19-10-6-3-7-11-19)21(23)16-18-8-4-2-5-9-18/h2-15H,16H2,1H3.